The highest BCUT2D eigenvalue weighted by Crippen LogP contribution is 2.19. The summed E-state index contributed by atoms with van der Waals surface area (Å²) in [6, 6.07) is 6.06. The summed E-state index contributed by atoms with van der Waals surface area (Å²) in [5.74, 6) is 0. The fourth-order valence-electron chi connectivity index (χ4n) is 1.80. The number of alkyl halides is 3. The molecule has 1 rings (SSSR count). The van der Waals surface area contributed by atoms with Gasteiger partial charge in [0.1, 0.15) is 0 Å². The Kier molecular flexibility index (Phi) is 5.40. The molecule has 0 aliphatic carbocycles. The average molecular weight is 275 g/mol. The van der Waals surface area contributed by atoms with E-state index in [1.165, 1.54) is 11.0 Å². The lowest BCUT2D eigenvalue weighted by Crippen LogP contribution is -2.41. The van der Waals surface area contributed by atoms with Gasteiger partial charge in [-0.05, 0) is 24.9 Å². The molecule has 0 fully saturated rings. The number of hydrogen-bond acceptors (Lipinski definition) is 3. The molecular weight excluding hydrogens is 258 g/mol. The third-order valence-corrected chi connectivity index (χ3v) is 2.82. The first kappa shape index (κ1) is 16.0. The Labute approximate surface area is 110 Å². The topological polar surface area (TPSA) is 43.7 Å². The smallest absolute Gasteiger partial charge is 0.423 e. The summed E-state index contributed by atoms with van der Waals surface area (Å²) >= 11 is 0. The predicted octanol–water partition coefficient (Wildman–Crippen LogP) is 1.14. The van der Waals surface area contributed by atoms with Crippen LogP contribution in [-0.4, -0.2) is 40.8 Å². The fraction of sp³-hybridized carbons (Fsp3) is 0.500. The zero-order chi connectivity index (χ0) is 14.6. The van der Waals surface area contributed by atoms with Crippen molar-refractivity contribution in [1.82, 2.24) is 4.90 Å². The van der Waals surface area contributed by atoms with E-state index in [0.29, 0.717) is 5.56 Å². The molecule has 0 aromatic heterocycles. The summed E-state index contributed by atoms with van der Waals surface area (Å²) < 4.78 is 37.5. The molecule has 2 N–H and O–H groups in total. The predicted molar refractivity (Wildman–Crippen MR) is 67.9 cm³/mol. The summed E-state index contributed by atoms with van der Waals surface area (Å²) in [4.78, 5) is 1.24. The first-order valence-electron chi connectivity index (χ1n) is 5.95. The molecule has 0 amide bonds. The molecule has 106 valence electrons. The zero-order valence-corrected chi connectivity index (χ0v) is 10.9. The summed E-state index contributed by atoms with van der Waals surface area (Å²) in [7, 11) is -1.68. The second-order valence-corrected chi connectivity index (χ2v) is 4.69. The van der Waals surface area contributed by atoms with Gasteiger partial charge in [-0.3, -0.25) is 4.90 Å². The molecular formula is C12H17BF3NO2. The lowest BCUT2D eigenvalue weighted by atomic mass is 9.77. The second kappa shape index (κ2) is 6.41. The summed E-state index contributed by atoms with van der Waals surface area (Å²) in [5, 5.41) is 18.4. The van der Waals surface area contributed by atoms with Crippen molar-refractivity contribution in [3.63, 3.8) is 0 Å². The van der Waals surface area contributed by atoms with Crippen LogP contribution in [0, 0.1) is 0 Å². The average Bonchev–Trinajstić information content (AvgIpc) is 2.26. The van der Waals surface area contributed by atoms with E-state index in [1.54, 1.807) is 32.0 Å². The number of benzene rings is 1. The molecule has 1 aromatic rings. The van der Waals surface area contributed by atoms with Crippen LogP contribution in [0.15, 0.2) is 24.3 Å². The summed E-state index contributed by atoms with van der Waals surface area (Å²) in [6.45, 7) is 2.33. The van der Waals surface area contributed by atoms with Crippen molar-refractivity contribution in [3.8, 4) is 0 Å². The third-order valence-electron chi connectivity index (χ3n) is 2.82. The Balaban J connectivity index is 2.91. The number of nitrogens with zero attached hydrogens (tertiary/aromatic N) is 1. The van der Waals surface area contributed by atoms with Gasteiger partial charge in [0.25, 0.3) is 0 Å². The minimum atomic E-state index is -4.28. The van der Waals surface area contributed by atoms with E-state index in [0.717, 1.165) is 0 Å². The van der Waals surface area contributed by atoms with Gasteiger partial charge in [-0.15, -0.1) is 0 Å². The maximum Gasteiger partial charge on any atom is 0.488 e. The lowest BCUT2D eigenvalue weighted by molar-refractivity contribution is -0.150. The van der Waals surface area contributed by atoms with Crippen LogP contribution in [-0.2, 0) is 6.54 Å². The highest BCUT2D eigenvalue weighted by Gasteiger charge is 2.32. The van der Waals surface area contributed by atoms with E-state index < -0.39 is 19.8 Å². The molecule has 7 heteroatoms. The molecule has 3 nitrogen and oxygen atoms in total. The Morgan fingerprint density at radius 1 is 1.21 bits per heavy atom. The molecule has 0 spiro atoms. The van der Waals surface area contributed by atoms with Crippen LogP contribution < -0.4 is 5.46 Å². The van der Waals surface area contributed by atoms with Crippen LogP contribution in [0.5, 0.6) is 0 Å². The van der Waals surface area contributed by atoms with Gasteiger partial charge in [0.05, 0.1) is 6.54 Å². The van der Waals surface area contributed by atoms with Crippen LogP contribution in [0.1, 0.15) is 19.4 Å². The van der Waals surface area contributed by atoms with E-state index in [2.05, 4.69) is 0 Å². The van der Waals surface area contributed by atoms with Crippen LogP contribution in [0.3, 0.4) is 0 Å². The SMILES string of the molecule is CC(C)N(Cc1ccccc1B(O)O)CC(F)(F)F. The maximum atomic E-state index is 12.5. The largest absolute Gasteiger partial charge is 0.488 e. The highest BCUT2D eigenvalue weighted by molar-refractivity contribution is 6.59. The normalized spacial score (nSPS) is 12.3. The van der Waals surface area contributed by atoms with Gasteiger partial charge in [-0.1, -0.05) is 24.3 Å². The minimum Gasteiger partial charge on any atom is -0.423 e. The number of hydrogen-bond donors (Lipinski definition) is 2. The van der Waals surface area contributed by atoms with Crippen molar-refractivity contribution in [2.24, 2.45) is 0 Å². The Hall–Kier alpha value is -1.05. The van der Waals surface area contributed by atoms with E-state index >= 15 is 0 Å². The minimum absolute atomic E-state index is 0.0188. The van der Waals surface area contributed by atoms with Crippen molar-refractivity contribution < 1.29 is 23.2 Å². The number of halogens is 3. The van der Waals surface area contributed by atoms with E-state index in [4.69, 9.17) is 0 Å². The molecule has 0 saturated carbocycles. The van der Waals surface area contributed by atoms with E-state index in [-0.39, 0.29) is 18.0 Å². The Bertz CT molecular complexity index is 410. The second-order valence-electron chi connectivity index (χ2n) is 4.69. The van der Waals surface area contributed by atoms with E-state index in [1.807, 2.05) is 0 Å². The van der Waals surface area contributed by atoms with Crippen molar-refractivity contribution >= 4 is 12.6 Å². The standard InChI is InChI=1S/C12H17BF3NO2/c1-9(2)17(8-12(14,15)16)7-10-5-3-4-6-11(10)13(18)19/h3-6,9,18-19H,7-8H2,1-2H3. The van der Waals surface area contributed by atoms with E-state index in [9.17, 15) is 23.2 Å². The van der Waals surface area contributed by atoms with Crippen molar-refractivity contribution in [2.45, 2.75) is 32.6 Å². The molecule has 0 atom stereocenters. The van der Waals surface area contributed by atoms with Gasteiger partial charge < -0.3 is 10.0 Å². The molecule has 19 heavy (non-hydrogen) atoms. The molecule has 0 unspecified atom stereocenters. The first-order chi connectivity index (χ1) is 8.70. The molecule has 0 heterocycles. The Morgan fingerprint density at radius 2 is 1.79 bits per heavy atom. The van der Waals surface area contributed by atoms with Gasteiger partial charge in [0.2, 0.25) is 0 Å². The van der Waals surface area contributed by atoms with Gasteiger partial charge in [0, 0.05) is 12.6 Å². The molecule has 0 bridgehead atoms. The van der Waals surface area contributed by atoms with Crippen LogP contribution in [0.2, 0.25) is 0 Å². The third kappa shape index (κ3) is 5.22. The van der Waals surface area contributed by atoms with Gasteiger partial charge in [-0.25, -0.2) is 0 Å². The van der Waals surface area contributed by atoms with Crippen LogP contribution in [0.25, 0.3) is 0 Å². The summed E-state index contributed by atoms with van der Waals surface area (Å²) in [6.07, 6.45) is -4.28. The Morgan fingerprint density at radius 3 is 2.26 bits per heavy atom. The van der Waals surface area contributed by atoms with Crippen molar-refractivity contribution in [1.29, 1.82) is 0 Å². The molecule has 0 aliphatic rings. The van der Waals surface area contributed by atoms with Crippen molar-refractivity contribution in [2.75, 3.05) is 6.54 Å². The van der Waals surface area contributed by atoms with Crippen molar-refractivity contribution in [3.05, 3.63) is 29.8 Å². The quantitative estimate of drug-likeness (QED) is 0.792. The fourth-order valence-corrected chi connectivity index (χ4v) is 1.80. The maximum absolute atomic E-state index is 12.5. The number of rotatable bonds is 5. The molecule has 0 aliphatic heterocycles. The summed E-state index contributed by atoms with van der Waals surface area (Å²) in [5.41, 5.74) is 0.714. The van der Waals surface area contributed by atoms with Gasteiger partial charge in [0.15, 0.2) is 0 Å². The van der Waals surface area contributed by atoms with Crippen LogP contribution >= 0.6 is 0 Å². The van der Waals surface area contributed by atoms with Gasteiger partial charge in [-0.2, -0.15) is 13.2 Å². The monoisotopic (exact) mass is 275 g/mol. The molecule has 0 radical (unpaired) electrons. The van der Waals surface area contributed by atoms with Crippen LogP contribution in [0.4, 0.5) is 13.2 Å². The zero-order valence-electron chi connectivity index (χ0n) is 10.9. The highest BCUT2D eigenvalue weighted by atomic mass is 19.4. The molecule has 1 aromatic carbocycles. The lowest BCUT2D eigenvalue weighted by Gasteiger charge is -2.28. The molecule has 0 saturated heterocycles. The van der Waals surface area contributed by atoms with Gasteiger partial charge >= 0.3 is 13.3 Å². The first-order valence-corrected chi connectivity index (χ1v) is 5.95.